The van der Waals surface area contributed by atoms with Crippen LogP contribution in [0.25, 0.3) is 0 Å². The molecule has 0 heterocycles. The molecule has 1 N–H and O–H groups in total. The van der Waals surface area contributed by atoms with E-state index in [9.17, 15) is 22.8 Å². The van der Waals surface area contributed by atoms with Crippen LogP contribution in [-0.2, 0) is 14.3 Å². The highest BCUT2D eigenvalue weighted by atomic mass is 19.4. The molecule has 0 aromatic carbocycles. The molecule has 0 saturated carbocycles. The number of carbonyl (C=O) groups excluding carboxylic acids is 2. The van der Waals surface area contributed by atoms with Crippen molar-refractivity contribution in [2.24, 2.45) is 0 Å². The van der Waals surface area contributed by atoms with Crippen LogP contribution < -0.4 is 5.32 Å². The number of hydrogen-bond acceptors (Lipinski definition) is 4. The molecule has 0 aliphatic heterocycles. The summed E-state index contributed by atoms with van der Waals surface area (Å²) in [4.78, 5) is 23.3. The smallest absolute Gasteiger partial charge is 0.408 e. The number of hydrogen-bond donors (Lipinski definition) is 1. The third-order valence-corrected chi connectivity index (χ3v) is 1.82. The lowest BCUT2D eigenvalue weighted by Gasteiger charge is -2.26. The predicted octanol–water partition coefficient (Wildman–Crippen LogP) is 3.17. The van der Waals surface area contributed by atoms with Gasteiger partial charge in [-0.25, -0.2) is 9.59 Å². The topological polar surface area (TPSA) is 64.6 Å². The molecule has 0 radical (unpaired) electrons. The number of carbonyl (C=O) groups is 2. The first-order valence-corrected chi connectivity index (χ1v) is 6.38. The number of alkyl carbamates (subject to hydrolysis) is 1. The zero-order chi connectivity index (χ0) is 17.1. The number of esters is 1. The van der Waals surface area contributed by atoms with Crippen LogP contribution in [0.2, 0.25) is 0 Å². The lowest BCUT2D eigenvalue weighted by molar-refractivity contribution is -0.170. The van der Waals surface area contributed by atoms with Gasteiger partial charge in [0.25, 0.3) is 0 Å². The Hall–Kier alpha value is -1.47. The van der Waals surface area contributed by atoms with Gasteiger partial charge in [0.1, 0.15) is 17.2 Å². The average Bonchev–Trinajstić information content (AvgIpc) is 2.07. The van der Waals surface area contributed by atoms with Crippen molar-refractivity contribution >= 4 is 12.1 Å². The van der Waals surface area contributed by atoms with Crippen LogP contribution in [0.3, 0.4) is 0 Å². The van der Waals surface area contributed by atoms with Crippen molar-refractivity contribution in [2.75, 3.05) is 0 Å². The van der Waals surface area contributed by atoms with E-state index < -0.39 is 41.9 Å². The molecule has 8 heteroatoms. The van der Waals surface area contributed by atoms with Crippen LogP contribution in [0.15, 0.2) is 0 Å². The standard InChI is InChI=1S/C13H22F3NO4/c1-11(2,3)20-9(18)8(7-13(14,15)16)17-10(19)21-12(4,5)6/h8H,7H2,1-6H3,(H,17,19). The van der Waals surface area contributed by atoms with Crippen LogP contribution in [0.1, 0.15) is 48.0 Å². The van der Waals surface area contributed by atoms with Crippen LogP contribution in [0, 0.1) is 0 Å². The van der Waals surface area contributed by atoms with Gasteiger partial charge in [0.15, 0.2) is 0 Å². The molecule has 0 aliphatic rings. The number of ether oxygens (including phenoxy) is 2. The van der Waals surface area contributed by atoms with E-state index in [1.165, 1.54) is 20.8 Å². The van der Waals surface area contributed by atoms with E-state index in [4.69, 9.17) is 9.47 Å². The Morgan fingerprint density at radius 2 is 1.38 bits per heavy atom. The molecule has 0 saturated heterocycles. The summed E-state index contributed by atoms with van der Waals surface area (Å²) in [5.41, 5.74) is -1.85. The second kappa shape index (κ2) is 6.53. The fourth-order valence-electron chi connectivity index (χ4n) is 1.25. The Morgan fingerprint density at radius 1 is 0.952 bits per heavy atom. The van der Waals surface area contributed by atoms with Gasteiger partial charge in [0, 0.05) is 0 Å². The lowest BCUT2D eigenvalue weighted by Crippen LogP contribution is -2.47. The van der Waals surface area contributed by atoms with Gasteiger partial charge in [-0.2, -0.15) is 13.2 Å². The fraction of sp³-hybridized carbons (Fsp3) is 0.846. The number of rotatable bonds is 3. The summed E-state index contributed by atoms with van der Waals surface area (Å²) in [6.45, 7) is 9.21. The molecule has 0 fully saturated rings. The van der Waals surface area contributed by atoms with E-state index in [1.54, 1.807) is 20.8 Å². The molecule has 0 aliphatic carbocycles. The highest BCUT2D eigenvalue weighted by Gasteiger charge is 2.39. The zero-order valence-electron chi connectivity index (χ0n) is 13.1. The normalized spacial score (nSPS) is 14.3. The maximum atomic E-state index is 12.5. The number of alkyl halides is 3. The van der Waals surface area contributed by atoms with Gasteiger partial charge in [-0.05, 0) is 41.5 Å². The maximum Gasteiger partial charge on any atom is 0.408 e. The SMILES string of the molecule is CC(C)(C)OC(=O)NC(CC(F)(F)F)C(=O)OC(C)(C)C. The van der Waals surface area contributed by atoms with Gasteiger partial charge in [-0.1, -0.05) is 0 Å². The highest BCUT2D eigenvalue weighted by Crippen LogP contribution is 2.23. The summed E-state index contributed by atoms with van der Waals surface area (Å²) >= 11 is 0. The van der Waals surface area contributed by atoms with Crippen LogP contribution in [0.5, 0.6) is 0 Å². The Bertz CT molecular complexity index is 380. The van der Waals surface area contributed by atoms with Crippen molar-refractivity contribution in [3.63, 3.8) is 0 Å². The van der Waals surface area contributed by atoms with Crippen molar-refractivity contribution < 1.29 is 32.2 Å². The average molecular weight is 313 g/mol. The second-order valence-electron chi connectivity index (χ2n) is 6.55. The number of amides is 1. The molecular weight excluding hydrogens is 291 g/mol. The van der Waals surface area contributed by atoms with E-state index in [0.717, 1.165) is 0 Å². The number of nitrogens with one attached hydrogen (secondary N) is 1. The molecule has 0 aromatic rings. The van der Waals surface area contributed by atoms with Crippen LogP contribution in [-0.4, -0.2) is 35.5 Å². The van der Waals surface area contributed by atoms with E-state index in [1.807, 2.05) is 5.32 Å². The predicted molar refractivity (Wildman–Crippen MR) is 69.7 cm³/mol. The Labute approximate surface area is 122 Å². The molecule has 0 rings (SSSR count). The molecule has 0 aromatic heterocycles. The van der Waals surface area contributed by atoms with Gasteiger partial charge < -0.3 is 14.8 Å². The van der Waals surface area contributed by atoms with Crippen LogP contribution >= 0.6 is 0 Å². The van der Waals surface area contributed by atoms with Gasteiger partial charge in [0.2, 0.25) is 0 Å². The molecular formula is C13H22F3NO4. The first kappa shape index (κ1) is 19.5. The van der Waals surface area contributed by atoms with Gasteiger partial charge in [0.05, 0.1) is 6.42 Å². The van der Waals surface area contributed by atoms with E-state index in [0.29, 0.717) is 0 Å². The minimum atomic E-state index is -4.63. The Balaban J connectivity index is 4.91. The summed E-state index contributed by atoms with van der Waals surface area (Å²) in [5, 5.41) is 1.90. The highest BCUT2D eigenvalue weighted by molar-refractivity contribution is 5.81. The van der Waals surface area contributed by atoms with E-state index in [2.05, 4.69) is 0 Å². The molecule has 1 atom stereocenters. The summed E-state index contributed by atoms with van der Waals surface area (Å²) in [5.74, 6) is -1.16. The van der Waals surface area contributed by atoms with Crippen molar-refractivity contribution in [3.05, 3.63) is 0 Å². The third kappa shape index (κ3) is 10.9. The Kier molecular flexibility index (Phi) is 6.07. The minimum Gasteiger partial charge on any atom is -0.458 e. The summed E-state index contributed by atoms with van der Waals surface area (Å²) in [6.07, 6.45) is -7.26. The fourth-order valence-corrected chi connectivity index (χ4v) is 1.25. The second-order valence-corrected chi connectivity index (χ2v) is 6.55. The van der Waals surface area contributed by atoms with Crippen molar-refractivity contribution in [1.82, 2.24) is 5.32 Å². The van der Waals surface area contributed by atoms with E-state index >= 15 is 0 Å². The van der Waals surface area contributed by atoms with Gasteiger partial charge >= 0.3 is 18.2 Å². The summed E-state index contributed by atoms with van der Waals surface area (Å²) in [7, 11) is 0. The Morgan fingerprint density at radius 3 is 1.71 bits per heavy atom. The van der Waals surface area contributed by atoms with Gasteiger partial charge in [-0.15, -0.1) is 0 Å². The minimum absolute atomic E-state index is 0.888. The first-order chi connectivity index (χ1) is 9.09. The third-order valence-electron chi connectivity index (χ3n) is 1.82. The van der Waals surface area contributed by atoms with Crippen molar-refractivity contribution in [2.45, 2.75) is 71.4 Å². The first-order valence-electron chi connectivity index (χ1n) is 6.38. The summed E-state index contributed by atoms with van der Waals surface area (Å²) < 4.78 is 47.2. The monoisotopic (exact) mass is 313 g/mol. The number of halogens is 3. The molecule has 0 bridgehead atoms. The molecule has 124 valence electrons. The van der Waals surface area contributed by atoms with Crippen molar-refractivity contribution in [1.29, 1.82) is 0 Å². The molecule has 1 amide bonds. The summed E-state index contributed by atoms with van der Waals surface area (Å²) in [6, 6.07) is -1.85. The largest absolute Gasteiger partial charge is 0.458 e. The lowest BCUT2D eigenvalue weighted by atomic mass is 10.1. The quantitative estimate of drug-likeness (QED) is 0.813. The van der Waals surface area contributed by atoms with Crippen molar-refractivity contribution in [3.8, 4) is 0 Å². The molecule has 0 spiro atoms. The van der Waals surface area contributed by atoms with Crippen LogP contribution in [0.4, 0.5) is 18.0 Å². The zero-order valence-corrected chi connectivity index (χ0v) is 13.1. The van der Waals surface area contributed by atoms with Gasteiger partial charge in [-0.3, -0.25) is 0 Å². The molecule has 21 heavy (non-hydrogen) atoms. The molecule has 1 unspecified atom stereocenters. The van der Waals surface area contributed by atoms with E-state index in [-0.39, 0.29) is 0 Å². The maximum absolute atomic E-state index is 12.5. The molecule has 5 nitrogen and oxygen atoms in total.